The molecule has 0 saturated heterocycles. The van der Waals surface area contributed by atoms with Crippen LogP contribution in [-0.4, -0.2) is 30.3 Å². The van der Waals surface area contributed by atoms with Gasteiger partial charge in [-0.05, 0) is 30.2 Å². The molecule has 7 nitrogen and oxygen atoms in total. The highest BCUT2D eigenvalue weighted by molar-refractivity contribution is 6.00. The van der Waals surface area contributed by atoms with E-state index < -0.39 is 0 Å². The van der Waals surface area contributed by atoms with Crippen molar-refractivity contribution in [2.24, 2.45) is 5.16 Å². The van der Waals surface area contributed by atoms with Crippen LogP contribution in [-0.2, 0) is 16.1 Å². The molecule has 2 heterocycles. The van der Waals surface area contributed by atoms with Crippen LogP contribution < -0.4 is 16.0 Å². The Morgan fingerprint density at radius 1 is 1.50 bits per heavy atom. The largest absolute Gasteiger partial charge is 0.390 e. The first kappa shape index (κ1) is 14.4. The zero-order chi connectivity index (χ0) is 15.5. The molecule has 0 fully saturated rings. The minimum absolute atomic E-state index is 0.0262. The van der Waals surface area contributed by atoms with E-state index in [1.165, 1.54) is 0 Å². The fraction of sp³-hybridized carbons (Fsp3) is 0.400. The average molecular weight is 302 g/mol. The summed E-state index contributed by atoms with van der Waals surface area (Å²) in [6.45, 7) is 2.43. The highest BCUT2D eigenvalue weighted by Crippen LogP contribution is 2.25. The second kappa shape index (κ2) is 6.05. The zero-order valence-corrected chi connectivity index (χ0v) is 12.3. The van der Waals surface area contributed by atoms with Gasteiger partial charge in [0, 0.05) is 17.8 Å². The summed E-state index contributed by atoms with van der Waals surface area (Å²) in [5, 5.41) is 12.2. The standard InChI is InChI=1S/C15H18N4O3/c1-2-10-7-12(22-19-10)8-16-15(21)17-11-3-4-13-9(5-11)6-14(20)18-13/h3-5,12H,2,6-8H2,1H3,(H,18,20)(H2,16,17,21)/t12-/m0/s1. The van der Waals surface area contributed by atoms with Crippen molar-refractivity contribution in [2.45, 2.75) is 32.3 Å². The van der Waals surface area contributed by atoms with Gasteiger partial charge in [0.25, 0.3) is 0 Å². The molecule has 0 aliphatic carbocycles. The number of nitrogens with zero attached hydrogens (tertiary/aromatic N) is 1. The number of rotatable bonds is 4. The second-order valence-corrected chi connectivity index (χ2v) is 5.37. The third-order valence-corrected chi connectivity index (χ3v) is 3.68. The van der Waals surface area contributed by atoms with Crippen LogP contribution in [0, 0.1) is 0 Å². The first-order chi connectivity index (χ1) is 10.6. The summed E-state index contributed by atoms with van der Waals surface area (Å²) in [7, 11) is 0. The molecule has 1 aromatic rings. The Morgan fingerprint density at radius 2 is 2.36 bits per heavy atom. The molecule has 0 unspecified atom stereocenters. The molecule has 0 saturated carbocycles. The smallest absolute Gasteiger partial charge is 0.319 e. The minimum atomic E-state index is -0.300. The summed E-state index contributed by atoms with van der Waals surface area (Å²) in [6, 6.07) is 5.05. The Morgan fingerprint density at radius 3 is 3.14 bits per heavy atom. The Bertz CT molecular complexity index is 642. The average Bonchev–Trinajstić information content (AvgIpc) is 3.09. The number of urea groups is 1. The summed E-state index contributed by atoms with van der Waals surface area (Å²) < 4.78 is 0. The summed E-state index contributed by atoms with van der Waals surface area (Å²) >= 11 is 0. The molecule has 0 spiro atoms. The van der Waals surface area contributed by atoms with E-state index in [4.69, 9.17) is 4.84 Å². The molecule has 7 heteroatoms. The van der Waals surface area contributed by atoms with Crippen molar-refractivity contribution >= 4 is 29.0 Å². The van der Waals surface area contributed by atoms with Crippen LogP contribution in [0.15, 0.2) is 23.4 Å². The Kier molecular flexibility index (Phi) is 3.95. The van der Waals surface area contributed by atoms with Crippen LogP contribution in [0.5, 0.6) is 0 Å². The number of carbonyl (C=O) groups excluding carboxylic acids is 2. The van der Waals surface area contributed by atoms with Gasteiger partial charge in [-0.15, -0.1) is 0 Å². The van der Waals surface area contributed by atoms with Crippen LogP contribution in [0.1, 0.15) is 25.3 Å². The number of anilines is 2. The fourth-order valence-corrected chi connectivity index (χ4v) is 2.49. The number of fused-ring (bicyclic) bond motifs is 1. The maximum atomic E-state index is 11.9. The molecular formula is C15H18N4O3. The Hall–Kier alpha value is -2.57. The van der Waals surface area contributed by atoms with Gasteiger partial charge < -0.3 is 20.8 Å². The first-order valence-corrected chi connectivity index (χ1v) is 7.33. The van der Waals surface area contributed by atoms with Crippen molar-refractivity contribution in [2.75, 3.05) is 17.2 Å². The number of nitrogens with one attached hydrogen (secondary N) is 3. The molecule has 2 aliphatic rings. The van der Waals surface area contributed by atoms with Gasteiger partial charge in [0.15, 0.2) is 0 Å². The summed E-state index contributed by atoms with van der Waals surface area (Å²) in [4.78, 5) is 28.4. The molecule has 0 radical (unpaired) electrons. The van der Waals surface area contributed by atoms with E-state index in [0.29, 0.717) is 18.7 Å². The van der Waals surface area contributed by atoms with E-state index >= 15 is 0 Å². The molecule has 22 heavy (non-hydrogen) atoms. The number of hydrogen-bond donors (Lipinski definition) is 3. The van der Waals surface area contributed by atoms with Crippen LogP contribution in [0.4, 0.5) is 16.2 Å². The molecule has 116 valence electrons. The normalized spacial score (nSPS) is 19.0. The highest BCUT2D eigenvalue weighted by Gasteiger charge is 2.21. The van der Waals surface area contributed by atoms with E-state index in [-0.39, 0.29) is 18.0 Å². The molecule has 3 rings (SSSR count). The second-order valence-electron chi connectivity index (χ2n) is 5.37. The lowest BCUT2D eigenvalue weighted by atomic mass is 10.1. The van der Waals surface area contributed by atoms with Gasteiger partial charge in [0.1, 0.15) is 6.10 Å². The lowest BCUT2D eigenvalue weighted by Crippen LogP contribution is -2.35. The van der Waals surface area contributed by atoms with Crippen LogP contribution >= 0.6 is 0 Å². The van der Waals surface area contributed by atoms with Gasteiger partial charge in [-0.3, -0.25) is 4.79 Å². The van der Waals surface area contributed by atoms with Crippen molar-refractivity contribution < 1.29 is 14.4 Å². The van der Waals surface area contributed by atoms with Gasteiger partial charge in [-0.2, -0.15) is 0 Å². The minimum Gasteiger partial charge on any atom is -0.390 e. The predicted molar refractivity (Wildman–Crippen MR) is 83.0 cm³/mol. The number of carbonyl (C=O) groups is 2. The molecule has 3 N–H and O–H groups in total. The third-order valence-electron chi connectivity index (χ3n) is 3.68. The van der Waals surface area contributed by atoms with Crippen molar-refractivity contribution in [3.05, 3.63) is 23.8 Å². The Labute approximate surface area is 128 Å². The van der Waals surface area contributed by atoms with Gasteiger partial charge in [-0.25, -0.2) is 4.79 Å². The van der Waals surface area contributed by atoms with Crippen molar-refractivity contribution in [3.8, 4) is 0 Å². The lowest BCUT2D eigenvalue weighted by Gasteiger charge is -2.11. The van der Waals surface area contributed by atoms with E-state index in [1.807, 2.05) is 6.92 Å². The molecule has 3 amide bonds. The molecule has 1 atom stereocenters. The van der Waals surface area contributed by atoms with Gasteiger partial charge in [-0.1, -0.05) is 12.1 Å². The molecule has 1 aromatic carbocycles. The quantitative estimate of drug-likeness (QED) is 0.792. The monoisotopic (exact) mass is 302 g/mol. The number of hydrogen-bond acceptors (Lipinski definition) is 4. The zero-order valence-electron chi connectivity index (χ0n) is 12.3. The van der Waals surface area contributed by atoms with Crippen LogP contribution in [0.3, 0.4) is 0 Å². The molecular weight excluding hydrogens is 284 g/mol. The topological polar surface area (TPSA) is 91.8 Å². The maximum absolute atomic E-state index is 11.9. The first-order valence-electron chi connectivity index (χ1n) is 7.33. The van der Waals surface area contributed by atoms with Crippen molar-refractivity contribution in [1.29, 1.82) is 0 Å². The van der Waals surface area contributed by atoms with Crippen LogP contribution in [0.2, 0.25) is 0 Å². The van der Waals surface area contributed by atoms with E-state index in [0.717, 1.165) is 29.8 Å². The van der Waals surface area contributed by atoms with Crippen molar-refractivity contribution in [1.82, 2.24) is 5.32 Å². The Balaban J connectivity index is 1.48. The lowest BCUT2D eigenvalue weighted by molar-refractivity contribution is -0.115. The van der Waals surface area contributed by atoms with Gasteiger partial charge in [0.05, 0.1) is 18.7 Å². The summed E-state index contributed by atoms with van der Waals surface area (Å²) in [5.41, 5.74) is 3.37. The number of amides is 3. The fourth-order valence-electron chi connectivity index (χ4n) is 2.49. The number of oxime groups is 1. The highest BCUT2D eigenvalue weighted by atomic mass is 16.6. The summed E-state index contributed by atoms with van der Waals surface area (Å²) in [5.74, 6) is -0.0262. The van der Waals surface area contributed by atoms with E-state index in [1.54, 1.807) is 18.2 Å². The number of benzene rings is 1. The van der Waals surface area contributed by atoms with E-state index in [2.05, 4.69) is 21.1 Å². The van der Waals surface area contributed by atoms with Gasteiger partial charge in [0.2, 0.25) is 5.91 Å². The summed E-state index contributed by atoms with van der Waals surface area (Å²) in [6.07, 6.45) is 1.87. The molecule has 0 bridgehead atoms. The van der Waals surface area contributed by atoms with Gasteiger partial charge >= 0.3 is 6.03 Å². The van der Waals surface area contributed by atoms with E-state index in [9.17, 15) is 9.59 Å². The maximum Gasteiger partial charge on any atom is 0.319 e. The SMILES string of the molecule is CCC1=NO[C@H](CNC(=O)Nc2ccc3c(c2)CC(=O)N3)C1. The van der Waals surface area contributed by atoms with Crippen LogP contribution in [0.25, 0.3) is 0 Å². The van der Waals surface area contributed by atoms with Crippen molar-refractivity contribution in [3.63, 3.8) is 0 Å². The third kappa shape index (κ3) is 3.19. The predicted octanol–water partition coefficient (Wildman–Crippen LogP) is 1.86. The molecule has 0 aromatic heterocycles. The molecule has 2 aliphatic heterocycles.